The molecule has 4 nitrogen and oxygen atoms in total. The second kappa shape index (κ2) is 5.12. The Balaban J connectivity index is 2.02. The topological polar surface area (TPSA) is 58.3 Å². The summed E-state index contributed by atoms with van der Waals surface area (Å²) in [4.78, 5) is 3.85. The molecule has 17 heavy (non-hydrogen) atoms. The smallest absolute Gasteiger partial charge is 0.422 e. The zero-order valence-electron chi connectivity index (χ0n) is 9.12. The third-order valence-corrected chi connectivity index (χ3v) is 2.56. The van der Waals surface area contributed by atoms with Gasteiger partial charge in [0.05, 0.1) is 11.9 Å². The van der Waals surface area contributed by atoms with Crippen LogP contribution in [0, 0.1) is 5.82 Å². The van der Waals surface area contributed by atoms with Crippen LogP contribution in [-0.2, 0) is 13.0 Å². The summed E-state index contributed by atoms with van der Waals surface area (Å²) in [5, 5.41) is 18.1. The first-order valence-electron chi connectivity index (χ1n) is 5.27. The summed E-state index contributed by atoms with van der Waals surface area (Å²) >= 11 is 0. The van der Waals surface area contributed by atoms with Crippen molar-refractivity contribution in [2.75, 3.05) is 0 Å². The monoisotopic (exact) mass is 234 g/mol. The van der Waals surface area contributed by atoms with Gasteiger partial charge in [0.15, 0.2) is 0 Å². The molecule has 1 aromatic heterocycles. The SMILES string of the molecule is OB(O)c1cncn1CCc1ccc(F)cc1. The molecule has 2 aromatic rings. The molecule has 0 spiro atoms. The van der Waals surface area contributed by atoms with E-state index in [1.807, 2.05) is 0 Å². The summed E-state index contributed by atoms with van der Waals surface area (Å²) < 4.78 is 14.3. The molecule has 0 amide bonds. The van der Waals surface area contributed by atoms with E-state index in [1.165, 1.54) is 24.7 Å². The molecule has 2 rings (SSSR count). The van der Waals surface area contributed by atoms with Gasteiger partial charge in [0, 0.05) is 12.7 Å². The van der Waals surface area contributed by atoms with Crippen LogP contribution < -0.4 is 5.59 Å². The first-order chi connectivity index (χ1) is 8.16. The second-order valence-corrected chi connectivity index (χ2v) is 3.76. The maximum atomic E-state index is 12.7. The van der Waals surface area contributed by atoms with Gasteiger partial charge in [0.25, 0.3) is 0 Å². The Labute approximate surface area is 98.5 Å². The standard InChI is InChI=1S/C11H12BFN2O2/c13-10-3-1-9(2-4-10)5-6-15-8-14-7-11(15)12(16)17/h1-4,7-8,16-17H,5-6H2. The van der Waals surface area contributed by atoms with E-state index in [1.54, 1.807) is 16.7 Å². The number of benzene rings is 1. The number of nitrogens with zero attached hydrogens (tertiary/aromatic N) is 2. The number of rotatable bonds is 4. The van der Waals surface area contributed by atoms with E-state index < -0.39 is 7.12 Å². The van der Waals surface area contributed by atoms with Gasteiger partial charge in [-0.15, -0.1) is 0 Å². The fraction of sp³-hybridized carbons (Fsp3) is 0.182. The second-order valence-electron chi connectivity index (χ2n) is 3.76. The summed E-state index contributed by atoms with van der Waals surface area (Å²) in [7, 11) is -1.52. The van der Waals surface area contributed by atoms with Gasteiger partial charge >= 0.3 is 7.12 Å². The average Bonchev–Trinajstić information content (AvgIpc) is 2.76. The number of imidazole rings is 1. The Bertz CT molecular complexity index is 484. The van der Waals surface area contributed by atoms with Gasteiger partial charge in [0.1, 0.15) is 5.82 Å². The minimum absolute atomic E-state index is 0.261. The van der Waals surface area contributed by atoms with Crippen LogP contribution in [0.4, 0.5) is 4.39 Å². The van der Waals surface area contributed by atoms with Crippen LogP contribution in [0.3, 0.4) is 0 Å². The van der Waals surface area contributed by atoms with E-state index in [-0.39, 0.29) is 5.82 Å². The van der Waals surface area contributed by atoms with E-state index in [2.05, 4.69) is 4.98 Å². The number of hydrogen-bond donors (Lipinski definition) is 2. The summed E-state index contributed by atoms with van der Waals surface area (Å²) in [6, 6.07) is 6.23. The minimum Gasteiger partial charge on any atom is -0.422 e. The van der Waals surface area contributed by atoms with Crippen molar-refractivity contribution in [3.05, 3.63) is 48.2 Å². The predicted octanol–water partition coefficient (Wildman–Crippen LogP) is -0.0553. The molecule has 0 fully saturated rings. The summed E-state index contributed by atoms with van der Waals surface area (Å²) in [6.45, 7) is 0.568. The molecule has 0 aliphatic heterocycles. The van der Waals surface area contributed by atoms with Crippen LogP contribution in [-0.4, -0.2) is 26.7 Å². The fourth-order valence-electron chi connectivity index (χ4n) is 1.63. The highest BCUT2D eigenvalue weighted by Crippen LogP contribution is 2.04. The van der Waals surface area contributed by atoms with Gasteiger partial charge in [-0.25, -0.2) is 9.37 Å². The maximum Gasteiger partial charge on any atom is 0.507 e. The highest BCUT2D eigenvalue weighted by Gasteiger charge is 2.15. The fourth-order valence-corrected chi connectivity index (χ4v) is 1.63. The van der Waals surface area contributed by atoms with Gasteiger partial charge in [-0.05, 0) is 24.1 Å². The highest BCUT2D eigenvalue weighted by atomic mass is 19.1. The molecule has 1 heterocycles. The molecule has 0 saturated heterocycles. The lowest BCUT2D eigenvalue weighted by Crippen LogP contribution is -2.36. The van der Waals surface area contributed by atoms with E-state index in [0.717, 1.165) is 5.56 Å². The van der Waals surface area contributed by atoms with Crippen molar-refractivity contribution in [3.63, 3.8) is 0 Å². The van der Waals surface area contributed by atoms with Crippen LogP contribution in [0.15, 0.2) is 36.8 Å². The lowest BCUT2D eigenvalue weighted by atomic mass is 9.86. The van der Waals surface area contributed by atoms with Crippen molar-refractivity contribution >= 4 is 12.7 Å². The normalized spacial score (nSPS) is 10.5. The molecule has 1 aromatic carbocycles. The van der Waals surface area contributed by atoms with E-state index in [0.29, 0.717) is 18.6 Å². The van der Waals surface area contributed by atoms with Crippen molar-refractivity contribution in [1.29, 1.82) is 0 Å². The van der Waals surface area contributed by atoms with Gasteiger partial charge in [0.2, 0.25) is 0 Å². The predicted molar refractivity (Wildman–Crippen MR) is 62.2 cm³/mol. The molecular weight excluding hydrogens is 222 g/mol. The van der Waals surface area contributed by atoms with E-state index in [4.69, 9.17) is 10.0 Å². The van der Waals surface area contributed by atoms with Crippen LogP contribution in [0.5, 0.6) is 0 Å². The van der Waals surface area contributed by atoms with Gasteiger partial charge in [-0.3, -0.25) is 0 Å². The Hall–Kier alpha value is -1.66. The Morgan fingerprint density at radius 2 is 1.94 bits per heavy atom. The molecule has 0 aliphatic rings. The van der Waals surface area contributed by atoms with E-state index in [9.17, 15) is 4.39 Å². The quantitative estimate of drug-likeness (QED) is 0.729. The maximum absolute atomic E-state index is 12.7. The molecule has 0 radical (unpaired) electrons. The molecule has 0 bridgehead atoms. The number of halogens is 1. The van der Waals surface area contributed by atoms with Gasteiger partial charge < -0.3 is 14.6 Å². The number of aryl methyl sites for hydroxylation is 2. The van der Waals surface area contributed by atoms with Crippen molar-refractivity contribution in [3.8, 4) is 0 Å². The lowest BCUT2D eigenvalue weighted by Gasteiger charge is -2.07. The van der Waals surface area contributed by atoms with Crippen molar-refractivity contribution < 1.29 is 14.4 Å². The van der Waals surface area contributed by atoms with Crippen molar-refractivity contribution in [2.24, 2.45) is 0 Å². The van der Waals surface area contributed by atoms with E-state index >= 15 is 0 Å². The molecular formula is C11H12BFN2O2. The lowest BCUT2D eigenvalue weighted by molar-refractivity contribution is 0.421. The summed E-state index contributed by atoms with van der Waals surface area (Å²) in [5.41, 5.74) is 1.34. The molecule has 0 unspecified atom stereocenters. The minimum atomic E-state index is -1.52. The zero-order chi connectivity index (χ0) is 12.3. The van der Waals surface area contributed by atoms with Crippen molar-refractivity contribution in [2.45, 2.75) is 13.0 Å². The van der Waals surface area contributed by atoms with Crippen LogP contribution in [0.2, 0.25) is 0 Å². The first-order valence-corrected chi connectivity index (χ1v) is 5.27. The molecule has 2 N–H and O–H groups in total. The highest BCUT2D eigenvalue weighted by molar-refractivity contribution is 6.57. The molecule has 6 heteroatoms. The summed E-state index contributed by atoms with van der Waals surface area (Å²) in [5.74, 6) is -0.261. The van der Waals surface area contributed by atoms with Gasteiger partial charge in [-0.1, -0.05) is 12.1 Å². The third-order valence-electron chi connectivity index (χ3n) is 2.56. The zero-order valence-corrected chi connectivity index (χ0v) is 9.12. The van der Waals surface area contributed by atoms with Gasteiger partial charge in [-0.2, -0.15) is 0 Å². The molecule has 0 saturated carbocycles. The Morgan fingerprint density at radius 1 is 1.24 bits per heavy atom. The first kappa shape index (κ1) is 11.8. The Kier molecular flexibility index (Phi) is 3.56. The van der Waals surface area contributed by atoms with Crippen LogP contribution in [0.25, 0.3) is 0 Å². The number of aromatic nitrogens is 2. The molecule has 88 valence electrons. The van der Waals surface area contributed by atoms with Crippen molar-refractivity contribution in [1.82, 2.24) is 9.55 Å². The number of hydrogen-bond acceptors (Lipinski definition) is 3. The molecule has 0 aliphatic carbocycles. The Morgan fingerprint density at radius 3 is 2.59 bits per heavy atom. The van der Waals surface area contributed by atoms with Crippen LogP contribution in [0.1, 0.15) is 5.56 Å². The molecule has 0 atom stereocenters. The third kappa shape index (κ3) is 2.92. The average molecular weight is 234 g/mol. The van der Waals surface area contributed by atoms with Crippen LogP contribution >= 0.6 is 0 Å². The summed E-state index contributed by atoms with van der Waals surface area (Å²) in [6.07, 6.45) is 3.63. The largest absolute Gasteiger partial charge is 0.507 e.